The SMILES string of the molecule is O=S1(=Nc2cc(F)c3c(Nc4ccc(F)cc4O[C@@H]4COC[C@@H]4O)ncnc3c2)CCC(O)CC1. The molecule has 0 spiro atoms. The number of aliphatic hydroxyl groups excluding tert-OH is 2. The minimum absolute atomic E-state index is 0.0694. The van der Waals surface area contributed by atoms with E-state index in [0.717, 1.165) is 6.07 Å². The molecule has 186 valence electrons. The molecule has 3 aromatic rings. The monoisotopic (exact) mass is 506 g/mol. The van der Waals surface area contributed by atoms with Crippen molar-refractivity contribution in [2.75, 3.05) is 30.0 Å². The lowest BCUT2D eigenvalue weighted by molar-refractivity contribution is 0.0736. The van der Waals surface area contributed by atoms with E-state index in [1.165, 1.54) is 30.6 Å². The number of hydrogen-bond acceptors (Lipinski definition) is 9. The molecule has 0 bridgehead atoms. The molecule has 2 aliphatic rings. The second kappa shape index (κ2) is 9.61. The van der Waals surface area contributed by atoms with Gasteiger partial charge in [0.05, 0.1) is 51.3 Å². The third-order valence-electron chi connectivity index (χ3n) is 5.96. The summed E-state index contributed by atoms with van der Waals surface area (Å²) in [7, 11) is -2.59. The van der Waals surface area contributed by atoms with Gasteiger partial charge in [0.25, 0.3) is 0 Å². The van der Waals surface area contributed by atoms with E-state index in [1.807, 2.05) is 0 Å². The van der Waals surface area contributed by atoms with Gasteiger partial charge in [0.1, 0.15) is 35.6 Å². The van der Waals surface area contributed by atoms with Crippen molar-refractivity contribution in [1.29, 1.82) is 0 Å². The molecule has 2 fully saturated rings. The molecule has 2 aromatic carbocycles. The predicted molar refractivity (Wildman–Crippen MR) is 126 cm³/mol. The first-order valence-electron chi connectivity index (χ1n) is 11.1. The van der Waals surface area contributed by atoms with Crippen molar-refractivity contribution < 1.29 is 32.7 Å². The number of nitrogens with one attached hydrogen (secondary N) is 1. The lowest BCUT2D eigenvalue weighted by atomic mass is 10.2. The Balaban J connectivity index is 1.48. The summed E-state index contributed by atoms with van der Waals surface area (Å²) in [6.07, 6.45) is -0.00274. The quantitative estimate of drug-likeness (QED) is 0.482. The molecule has 3 heterocycles. The minimum Gasteiger partial charge on any atom is -0.483 e. The molecule has 5 rings (SSSR count). The third-order valence-corrected chi connectivity index (χ3v) is 8.25. The van der Waals surface area contributed by atoms with Crippen LogP contribution in [0.15, 0.2) is 41.0 Å². The highest BCUT2D eigenvalue weighted by atomic mass is 32.2. The Morgan fingerprint density at radius 2 is 1.91 bits per heavy atom. The van der Waals surface area contributed by atoms with Crippen LogP contribution >= 0.6 is 0 Å². The molecule has 35 heavy (non-hydrogen) atoms. The maximum atomic E-state index is 15.2. The molecule has 1 aromatic heterocycles. The van der Waals surface area contributed by atoms with E-state index in [1.54, 1.807) is 0 Å². The molecule has 0 radical (unpaired) electrons. The number of aliphatic hydroxyl groups is 2. The van der Waals surface area contributed by atoms with Crippen molar-refractivity contribution in [3.63, 3.8) is 0 Å². The first-order chi connectivity index (χ1) is 16.8. The second-order valence-electron chi connectivity index (χ2n) is 8.57. The van der Waals surface area contributed by atoms with Gasteiger partial charge in [-0.05, 0) is 31.0 Å². The number of aromatic nitrogens is 2. The fourth-order valence-electron chi connectivity index (χ4n) is 4.07. The van der Waals surface area contributed by atoms with Gasteiger partial charge in [-0.3, -0.25) is 0 Å². The maximum Gasteiger partial charge on any atom is 0.150 e. The Morgan fingerprint density at radius 1 is 1.11 bits per heavy atom. The highest BCUT2D eigenvalue weighted by Gasteiger charge is 2.29. The Hall–Kier alpha value is -2.93. The van der Waals surface area contributed by atoms with E-state index in [-0.39, 0.29) is 52.9 Å². The van der Waals surface area contributed by atoms with Gasteiger partial charge in [0.2, 0.25) is 0 Å². The first-order valence-corrected chi connectivity index (χ1v) is 13.0. The van der Waals surface area contributed by atoms with Crippen LogP contribution in [0, 0.1) is 11.6 Å². The highest BCUT2D eigenvalue weighted by molar-refractivity contribution is 7.93. The van der Waals surface area contributed by atoms with E-state index < -0.39 is 39.7 Å². The summed E-state index contributed by atoms with van der Waals surface area (Å²) in [6.45, 7) is 0.265. The van der Waals surface area contributed by atoms with Crippen LogP contribution in [0.3, 0.4) is 0 Å². The Morgan fingerprint density at radius 3 is 2.66 bits per heavy atom. The van der Waals surface area contributed by atoms with Crippen LogP contribution in [-0.2, 0) is 14.5 Å². The molecule has 2 atom stereocenters. The lowest BCUT2D eigenvalue weighted by Crippen LogP contribution is -2.30. The number of benzene rings is 2. The smallest absolute Gasteiger partial charge is 0.150 e. The van der Waals surface area contributed by atoms with Crippen molar-refractivity contribution in [3.8, 4) is 5.75 Å². The zero-order valence-electron chi connectivity index (χ0n) is 18.6. The molecule has 9 nitrogen and oxygen atoms in total. The van der Waals surface area contributed by atoms with E-state index in [2.05, 4.69) is 19.6 Å². The Bertz CT molecular complexity index is 1370. The zero-order valence-corrected chi connectivity index (χ0v) is 19.4. The van der Waals surface area contributed by atoms with Crippen molar-refractivity contribution in [3.05, 3.63) is 48.3 Å². The number of anilines is 2. The summed E-state index contributed by atoms with van der Waals surface area (Å²) in [6, 6.07) is 6.48. The van der Waals surface area contributed by atoms with Crippen LogP contribution in [0.5, 0.6) is 5.75 Å². The van der Waals surface area contributed by atoms with Crippen LogP contribution < -0.4 is 10.1 Å². The van der Waals surface area contributed by atoms with Crippen LogP contribution in [0.1, 0.15) is 12.8 Å². The molecule has 2 saturated heterocycles. The Kier molecular flexibility index (Phi) is 6.53. The van der Waals surface area contributed by atoms with Crippen LogP contribution in [0.2, 0.25) is 0 Å². The molecule has 0 aliphatic carbocycles. The van der Waals surface area contributed by atoms with Crippen molar-refractivity contribution >= 4 is 37.8 Å². The van der Waals surface area contributed by atoms with Crippen molar-refractivity contribution in [2.24, 2.45) is 4.36 Å². The average Bonchev–Trinajstić information content (AvgIpc) is 3.22. The van der Waals surface area contributed by atoms with Crippen molar-refractivity contribution in [1.82, 2.24) is 9.97 Å². The third kappa shape index (κ3) is 5.20. The van der Waals surface area contributed by atoms with Gasteiger partial charge < -0.3 is 25.0 Å². The largest absolute Gasteiger partial charge is 0.483 e. The van der Waals surface area contributed by atoms with Crippen molar-refractivity contribution in [2.45, 2.75) is 31.2 Å². The van der Waals surface area contributed by atoms with Crippen LogP contribution in [-0.4, -0.2) is 67.4 Å². The van der Waals surface area contributed by atoms with E-state index >= 15 is 4.39 Å². The standard InChI is InChI=1S/C23H24F2N4O5S/c24-13-1-2-17(20(7-13)34-21-11-33-10-19(21)31)28-23-22-16(25)8-14(9-18(22)26-12-27-23)29-35(32)5-3-15(30)4-6-35/h1-2,7-9,12,15,19,21,30-31H,3-6,10-11H2,(H,26,27,28)/t15?,19-,21+,35?/m0/s1. The van der Waals surface area contributed by atoms with Gasteiger partial charge in [-0.1, -0.05) is 0 Å². The lowest BCUT2D eigenvalue weighted by Gasteiger charge is -2.20. The van der Waals surface area contributed by atoms with Gasteiger partial charge in [-0.2, -0.15) is 4.36 Å². The van der Waals surface area contributed by atoms with Gasteiger partial charge in [-0.25, -0.2) is 23.0 Å². The number of nitrogens with zero attached hydrogens (tertiary/aromatic N) is 3. The fraction of sp³-hybridized carbons (Fsp3) is 0.391. The molecule has 2 aliphatic heterocycles. The maximum absolute atomic E-state index is 15.2. The highest BCUT2D eigenvalue weighted by Crippen LogP contribution is 2.34. The number of ether oxygens (including phenoxy) is 2. The summed E-state index contributed by atoms with van der Waals surface area (Å²) >= 11 is 0. The number of halogens is 2. The molecular formula is C23H24F2N4O5S. The van der Waals surface area contributed by atoms with E-state index in [0.29, 0.717) is 18.5 Å². The van der Waals surface area contributed by atoms with Crippen LogP contribution in [0.25, 0.3) is 10.9 Å². The molecule has 0 unspecified atom stereocenters. The van der Waals surface area contributed by atoms with Crippen LogP contribution in [0.4, 0.5) is 26.0 Å². The molecule has 12 heteroatoms. The molecule has 0 amide bonds. The van der Waals surface area contributed by atoms with Gasteiger partial charge in [0.15, 0.2) is 6.10 Å². The van der Waals surface area contributed by atoms with E-state index in [9.17, 15) is 18.8 Å². The van der Waals surface area contributed by atoms with Gasteiger partial charge in [-0.15, -0.1) is 0 Å². The second-order valence-corrected chi connectivity index (χ2v) is 11.1. The predicted octanol–water partition coefficient (Wildman–Crippen LogP) is 3.04. The minimum atomic E-state index is -2.59. The molecule has 3 N–H and O–H groups in total. The zero-order chi connectivity index (χ0) is 24.6. The number of hydrogen-bond donors (Lipinski definition) is 3. The number of fused-ring (bicyclic) bond motifs is 1. The van der Waals surface area contributed by atoms with Gasteiger partial charge in [0, 0.05) is 23.6 Å². The molecule has 0 saturated carbocycles. The summed E-state index contributed by atoms with van der Waals surface area (Å²) < 4.78 is 57.4. The van der Waals surface area contributed by atoms with Gasteiger partial charge >= 0.3 is 0 Å². The average molecular weight is 507 g/mol. The van der Waals surface area contributed by atoms with E-state index in [4.69, 9.17) is 9.47 Å². The topological polar surface area (TPSA) is 126 Å². The molecular weight excluding hydrogens is 482 g/mol. The first kappa shape index (κ1) is 23.8. The normalized spacial score (nSPS) is 26.6. The summed E-state index contributed by atoms with van der Waals surface area (Å²) in [5.41, 5.74) is 0.744. The number of rotatable bonds is 5. The summed E-state index contributed by atoms with van der Waals surface area (Å²) in [5, 5.41) is 22.7. The Labute approximate surface area is 200 Å². The fourth-order valence-corrected chi connectivity index (χ4v) is 6.23. The summed E-state index contributed by atoms with van der Waals surface area (Å²) in [4.78, 5) is 8.28. The summed E-state index contributed by atoms with van der Waals surface area (Å²) in [5.74, 6) is -0.504.